The molecule has 0 bridgehead atoms. The molecule has 0 unspecified atom stereocenters. The molecule has 3 heterocycles. The Kier molecular flexibility index (Phi) is 5.66. The summed E-state index contributed by atoms with van der Waals surface area (Å²) in [5.74, 6) is 0.547. The summed E-state index contributed by atoms with van der Waals surface area (Å²) < 4.78 is 11.0. The molecular formula is C20H17Cl2N5O3. The molecule has 0 radical (unpaired) electrons. The Bertz CT molecular complexity index is 1170. The van der Waals surface area contributed by atoms with E-state index in [4.69, 9.17) is 32.7 Å². The molecule has 1 aliphatic rings. The van der Waals surface area contributed by atoms with Crippen molar-refractivity contribution in [2.75, 3.05) is 26.8 Å². The number of likely N-dealkylation sites (tertiary alicyclic amines) is 1. The van der Waals surface area contributed by atoms with Crippen LogP contribution in [0.2, 0.25) is 10.0 Å². The molecule has 2 aromatic heterocycles. The standard InChI is InChI=1S/C20H17Cl2N5O3/c1-29-15-7-12(13(21)8-14(15)22)18-17-11(9-23)10-24-19(17)26-20(25-18)30-6-5-27-4-2-3-16(27)28/h7-8,10H,2-6H2,1H3,(H,24,25,26). The number of aromatic amines is 1. The predicted octanol–water partition coefficient (Wildman–Crippen LogP) is 3.81. The number of nitrogens with zero attached hydrogens (tertiary/aromatic N) is 4. The van der Waals surface area contributed by atoms with Crippen molar-refractivity contribution < 1.29 is 14.3 Å². The van der Waals surface area contributed by atoms with Gasteiger partial charge in [-0.15, -0.1) is 0 Å². The molecule has 0 spiro atoms. The molecule has 1 saturated heterocycles. The summed E-state index contributed by atoms with van der Waals surface area (Å²) in [6.07, 6.45) is 2.99. The van der Waals surface area contributed by atoms with E-state index in [0.29, 0.717) is 56.6 Å². The number of fused-ring (bicyclic) bond motifs is 1. The van der Waals surface area contributed by atoms with Crippen LogP contribution in [-0.4, -0.2) is 52.6 Å². The molecule has 0 atom stereocenters. The predicted molar refractivity (Wildman–Crippen MR) is 112 cm³/mol. The van der Waals surface area contributed by atoms with E-state index in [1.165, 1.54) is 7.11 Å². The van der Waals surface area contributed by atoms with Crippen LogP contribution in [0.25, 0.3) is 22.3 Å². The average molecular weight is 446 g/mol. The minimum Gasteiger partial charge on any atom is -0.495 e. The number of carbonyl (C=O) groups excluding carboxylic acids is 1. The maximum Gasteiger partial charge on any atom is 0.319 e. The molecule has 154 valence electrons. The van der Waals surface area contributed by atoms with Gasteiger partial charge in [-0.1, -0.05) is 23.2 Å². The van der Waals surface area contributed by atoms with Gasteiger partial charge in [0.15, 0.2) is 0 Å². The summed E-state index contributed by atoms with van der Waals surface area (Å²) in [5, 5.41) is 10.7. The van der Waals surface area contributed by atoms with E-state index in [2.05, 4.69) is 21.0 Å². The van der Waals surface area contributed by atoms with Crippen molar-refractivity contribution in [2.24, 2.45) is 0 Å². The Labute approximate surface area is 182 Å². The molecule has 1 aromatic carbocycles. The zero-order chi connectivity index (χ0) is 21.3. The van der Waals surface area contributed by atoms with E-state index in [1.54, 1.807) is 23.2 Å². The number of halogens is 2. The number of benzene rings is 1. The maximum absolute atomic E-state index is 11.8. The SMILES string of the molecule is COc1cc(-c2nc(OCCN3CCCC3=O)nc3[nH]cc(C#N)c23)c(Cl)cc1Cl. The van der Waals surface area contributed by atoms with E-state index >= 15 is 0 Å². The number of hydrogen-bond donors (Lipinski definition) is 1. The van der Waals surface area contributed by atoms with E-state index < -0.39 is 0 Å². The number of nitriles is 1. The first kappa shape index (κ1) is 20.3. The fourth-order valence-corrected chi connectivity index (χ4v) is 3.96. The molecule has 1 fully saturated rings. The Hall–Kier alpha value is -3.02. The molecule has 10 heteroatoms. The molecule has 3 aromatic rings. The van der Waals surface area contributed by atoms with Gasteiger partial charge < -0.3 is 19.4 Å². The van der Waals surface area contributed by atoms with Gasteiger partial charge in [-0.3, -0.25) is 4.79 Å². The van der Waals surface area contributed by atoms with Crippen molar-refractivity contribution in [3.05, 3.63) is 33.9 Å². The van der Waals surface area contributed by atoms with Crippen molar-refractivity contribution in [2.45, 2.75) is 12.8 Å². The van der Waals surface area contributed by atoms with Gasteiger partial charge in [-0.05, 0) is 18.6 Å². The lowest BCUT2D eigenvalue weighted by Gasteiger charge is -2.15. The van der Waals surface area contributed by atoms with Crippen molar-refractivity contribution >= 4 is 40.1 Å². The van der Waals surface area contributed by atoms with Crippen LogP contribution < -0.4 is 9.47 Å². The second kappa shape index (κ2) is 8.38. The van der Waals surface area contributed by atoms with Crippen LogP contribution in [0.5, 0.6) is 11.8 Å². The van der Waals surface area contributed by atoms with Crippen LogP contribution in [-0.2, 0) is 4.79 Å². The maximum atomic E-state index is 11.8. The summed E-state index contributed by atoms with van der Waals surface area (Å²) in [4.78, 5) is 25.3. The number of ether oxygens (including phenoxy) is 2. The Morgan fingerprint density at radius 3 is 2.83 bits per heavy atom. The Balaban J connectivity index is 1.73. The molecular weight excluding hydrogens is 429 g/mol. The molecule has 8 nitrogen and oxygen atoms in total. The quantitative estimate of drug-likeness (QED) is 0.618. The van der Waals surface area contributed by atoms with Gasteiger partial charge in [-0.25, -0.2) is 0 Å². The van der Waals surface area contributed by atoms with Crippen LogP contribution in [0.1, 0.15) is 18.4 Å². The number of methoxy groups -OCH3 is 1. The zero-order valence-corrected chi connectivity index (χ0v) is 17.5. The average Bonchev–Trinajstić information content (AvgIpc) is 3.33. The molecule has 1 amide bonds. The van der Waals surface area contributed by atoms with Crippen molar-refractivity contribution in [1.29, 1.82) is 5.26 Å². The number of rotatable bonds is 6. The first-order valence-corrected chi connectivity index (χ1v) is 10.0. The number of aromatic nitrogens is 3. The second-order valence-corrected chi connectivity index (χ2v) is 7.51. The third-order valence-electron chi connectivity index (χ3n) is 4.89. The third kappa shape index (κ3) is 3.74. The highest BCUT2D eigenvalue weighted by Gasteiger charge is 2.22. The lowest BCUT2D eigenvalue weighted by atomic mass is 10.1. The third-order valence-corrected chi connectivity index (χ3v) is 5.50. The van der Waals surface area contributed by atoms with Gasteiger partial charge in [0, 0.05) is 24.7 Å². The minimum atomic E-state index is 0.112. The summed E-state index contributed by atoms with van der Waals surface area (Å²) in [6.45, 7) is 1.44. The highest BCUT2D eigenvalue weighted by molar-refractivity contribution is 6.37. The zero-order valence-electron chi connectivity index (χ0n) is 16.0. The largest absolute Gasteiger partial charge is 0.495 e. The van der Waals surface area contributed by atoms with Gasteiger partial charge in [0.1, 0.15) is 24.1 Å². The number of carbonyl (C=O) groups is 1. The summed E-state index contributed by atoms with van der Waals surface area (Å²) in [5.41, 5.74) is 1.76. The lowest BCUT2D eigenvalue weighted by Crippen LogP contribution is -2.29. The molecule has 30 heavy (non-hydrogen) atoms. The lowest BCUT2D eigenvalue weighted by molar-refractivity contribution is -0.128. The van der Waals surface area contributed by atoms with Crippen LogP contribution in [0.4, 0.5) is 0 Å². The first-order chi connectivity index (χ1) is 14.5. The first-order valence-electron chi connectivity index (χ1n) is 9.25. The van der Waals surface area contributed by atoms with Crippen molar-refractivity contribution in [1.82, 2.24) is 19.9 Å². The van der Waals surface area contributed by atoms with Crippen molar-refractivity contribution in [3.8, 4) is 29.1 Å². The summed E-state index contributed by atoms with van der Waals surface area (Å²) in [6, 6.07) is 5.46. The molecule has 4 rings (SSSR count). The molecule has 1 N–H and O–H groups in total. The van der Waals surface area contributed by atoms with Gasteiger partial charge in [0.2, 0.25) is 5.91 Å². The van der Waals surface area contributed by atoms with E-state index in [9.17, 15) is 10.1 Å². The molecule has 0 saturated carbocycles. The fourth-order valence-electron chi connectivity index (χ4n) is 3.41. The number of hydrogen-bond acceptors (Lipinski definition) is 6. The van der Waals surface area contributed by atoms with Crippen LogP contribution >= 0.6 is 23.2 Å². The number of H-pyrrole nitrogens is 1. The highest BCUT2D eigenvalue weighted by Crippen LogP contribution is 2.39. The Morgan fingerprint density at radius 1 is 1.30 bits per heavy atom. The van der Waals surface area contributed by atoms with Gasteiger partial charge in [0.25, 0.3) is 0 Å². The minimum absolute atomic E-state index is 0.112. The molecule has 0 aliphatic carbocycles. The van der Waals surface area contributed by atoms with Crippen LogP contribution in [0.3, 0.4) is 0 Å². The number of nitrogens with one attached hydrogen (secondary N) is 1. The fraction of sp³-hybridized carbons (Fsp3) is 0.300. The van der Waals surface area contributed by atoms with E-state index in [-0.39, 0.29) is 18.5 Å². The van der Waals surface area contributed by atoms with E-state index in [0.717, 1.165) is 13.0 Å². The number of amides is 1. The van der Waals surface area contributed by atoms with Gasteiger partial charge >= 0.3 is 6.01 Å². The van der Waals surface area contributed by atoms with Gasteiger partial charge in [-0.2, -0.15) is 15.2 Å². The van der Waals surface area contributed by atoms with Crippen molar-refractivity contribution in [3.63, 3.8) is 0 Å². The summed E-state index contributed by atoms with van der Waals surface area (Å²) >= 11 is 12.6. The van der Waals surface area contributed by atoms with Gasteiger partial charge in [0.05, 0.1) is 40.3 Å². The normalized spacial score (nSPS) is 13.7. The Morgan fingerprint density at radius 2 is 2.13 bits per heavy atom. The smallest absolute Gasteiger partial charge is 0.319 e. The van der Waals surface area contributed by atoms with Crippen LogP contribution in [0, 0.1) is 11.3 Å². The van der Waals surface area contributed by atoms with E-state index in [1.807, 2.05) is 0 Å². The highest BCUT2D eigenvalue weighted by atomic mass is 35.5. The monoisotopic (exact) mass is 445 g/mol. The molecule has 1 aliphatic heterocycles. The van der Waals surface area contributed by atoms with Crippen LogP contribution in [0.15, 0.2) is 18.3 Å². The topological polar surface area (TPSA) is 104 Å². The summed E-state index contributed by atoms with van der Waals surface area (Å²) in [7, 11) is 1.50. The second-order valence-electron chi connectivity index (χ2n) is 6.69.